The number of hydrogen-bond donors (Lipinski definition) is 1. The molecule has 3 atom stereocenters. The van der Waals surface area contributed by atoms with E-state index in [1.807, 2.05) is 24.3 Å². The van der Waals surface area contributed by atoms with Crippen molar-refractivity contribution in [3.05, 3.63) is 75.8 Å². The Morgan fingerprint density at radius 1 is 1.04 bits per heavy atom. The molecule has 0 aromatic heterocycles. The lowest BCUT2D eigenvalue weighted by atomic mass is 9.76. The third-order valence-electron chi connectivity index (χ3n) is 4.93. The molecule has 0 bridgehead atoms. The molecule has 1 aliphatic carbocycles. The standard InChI is InChI=1S/C19H15BrF3N/c20-16-7-2-1-4-14(16)18-13-6-3-5-12(13)15-10-11(19(21,22)23)8-9-17(15)24-18/h1-5,7-10,12-13,18,24H,6H2/t12-,13+,18+/m1/s1. The molecule has 124 valence electrons. The second-order valence-electron chi connectivity index (χ2n) is 6.30. The van der Waals surface area contributed by atoms with Crippen LogP contribution >= 0.6 is 15.9 Å². The van der Waals surface area contributed by atoms with Crippen molar-refractivity contribution in [2.45, 2.75) is 24.6 Å². The molecule has 0 unspecified atom stereocenters. The van der Waals surface area contributed by atoms with Crippen LogP contribution in [0, 0.1) is 5.92 Å². The lowest BCUT2D eigenvalue weighted by Gasteiger charge is -2.38. The number of fused-ring (bicyclic) bond motifs is 3. The first-order valence-corrected chi connectivity index (χ1v) is 8.63. The van der Waals surface area contributed by atoms with E-state index in [1.54, 1.807) is 6.07 Å². The lowest BCUT2D eigenvalue weighted by Crippen LogP contribution is -2.29. The van der Waals surface area contributed by atoms with Crippen LogP contribution in [-0.2, 0) is 6.18 Å². The first-order valence-electron chi connectivity index (χ1n) is 7.84. The predicted octanol–water partition coefficient (Wildman–Crippen LogP) is 6.29. The van der Waals surface area contributed by atoms with E-state index < -0.39 is 11.7 Å². The van der Waals surface area contributed by atoms with Crippen molar-refractivity contribution in [3.63, 3.8) is 0 Å². The van der Waals surface area contributed by atoms with Crippen LogP contribution in [0.25, 0.3) is 0 Å². The molecule has 0 amide bonds. The summed E-state index contributed by atoms with van der Waals surface area (Å²) >= 11 is 3.60. The number of benzene rings is 2. The topological polar surface area (TPSA) is 12.0 Å². The number of halogens is 4. The summed E-state index contributed by atoms with van der Waals surface area (Å²) in [7, 11) is 0. The van der Waals surface area contributed by atoms with E-state index in [1.165, 1.54) is 6.07 Å². The summed E-state index contributed by atoms with van der Waals surface area (Å²) < 4.78 is 40.2. The second kappa shape index (κ2) is 5.66. The Balaban J connectivity index is 1.79. The van der Waals surface area contributed by atoms with E-state index in [0.717, 1.165) is 33.8 Å². The minimum atomic E-state index is -4.31. The fourth-order valence-electron chi connectivity index (χ4n) is 3.81. The Kier molecular flexibility index (Phi) is 3.71. The molecule has 1 nitrogen and oxygen atoms in total. The number of nitrogens with one attached hydrogen (secondary N) is 1. The average molecular weight is 394 g/mol. The maximum atomic E-state index is 13.1. The van der Waals surface area contributed by atoms with Gasteiger partial charge in [0.2, 0.25) is 0 Å². The van der Waals surface area contributed by atoms with E-state index in [-0.39, 0.29) is 17.9 Å². The Morgan fingerprint density at radius 2 is 1.83 bits per heavy atom. The zero-order chi connectivity index (χ0) is 16.9. The van der Waals surface area contributed by atoms with Crippen LogP contribution in [0.4, 0.5) is 18.9 Å². The van der Waals surface area contributed by atoms with Crippen LogP contribution in [0.1, 0.15) is 35.1 Å². The number of alkyl halides is 3. The van der Waals surface area contributed by atoms with Gasteiger partial charge >= 0.3 is 6.18 Å². The number of anilines is 1. The highest BCUT2D eigenvalue weighted by Crippen LogP contribution is 2.51. The van der Waals surface area contributed by atoms with Crippen molar-refractivity contribution in [2.75, 3.05) is 5.32 Å². The highest BCUT2D eigenvalue weighted by molar-refractivity contribution is 9.10. The largest absolute Gasteiger partial charge is 0.416 e. The van der Waals surface area contributed by atoms with Crippen LogP contribution in [0.3, 0.4) is 0 Å². The summed E-state index contributed by atoms with van der Waals surface area (Å²) in [6, 6.07) is 12.1. The normalized spacial score (nSPS) is 25.1. The summed E-state index contributed by atoms with van der Waals surface area (Å²) in [4.78, 5) is 0. The monoisotopic (exact) mass is 393 g/mol. The maximum absolute atomic E-state index is 13.1. The summed E-state index contributed by atoms with van der Waals surface area (Å²) in [5.74, 6) is 0.236. The highest BCUT2D eigenvalue weighted by atomic mass is 79.9. The van der Waals surface area contributed by atoms with Gasteiger partial charge in [-0.25, -0.2) is 0 Å². The fraction of sp³-hybridized carbons (Fsp3) is 0.263. The van der Waals surface area contributed by atoms with Crippen molar-refractivity contribution in [2.24, 2.45) is 5.92 Å². The van der Waals surface area contributed by atoms with Crippen LogP contribution in [0.5, 0.6) is 0 Å². The van der Waals surface area contributed by atoms with Gasteiger partial charge < -0.3 is 5.32 Å². The van der Waals surface area contributed by atoms with Gasteiger partial charge in [0.1, 0.15) is 0 Å². The van der Waals surface area contributed by atoms with Crippen LogP contribution in [-0.4, -0.2) is 0 Å². The molecule has 2 aromatic rings. The average Bonchev–Trinajstić information content (AvgIpc) is 3.03. The Morgan fingerprint density at radius 3 is 2.58 bits per heavy atom. The molecule has 5 heteroatoms. The Hall–Kier alpha value is -1.75. The van der Waals surface area contributed by atoms with Crippen molar-refractivity contribution < 1.29 is 13.2 Å². The minimum Gasteiger partial charge on any atom is -0.378 e. The van der Waals surface area contributed by atoms with Crippen molar-refractivity contribution in [3.8, 4) is 0 Å². The SMILES string of the molecule is FC(F)(F)c1ccc2c(c1)[C@@H]1C=CC[C@@H]1[C@@H](c1ccccc1Br)N2. The molecule has 24 heavy (non-hydrogen) atoms. The molecule has 0 saturated heterocycles. The molecule has 1 N–H and O–H groups in total. The van der Waals surface area contributed by atoms with Gasteiger partial charge in [-0.1, -0.05) is 46.3 Å². The van der Waals surface area contributed by atoms with Gasteiger partial charge in [0.25, 0.3) is 0 Å². The summed E-state index contributed by atoms with van der Waals surface area (Å²) in [6.07, 6.45) is 0.677. The summed E-state index contributed by atoms with van der Waals surface area (Å²) in [5.41, 5.74) is 2.09. The van der Waals surface area contributed by atoms with E-state index >= 15 is 0 Å². The second-order valence-corrected chi connectivity index (χ2v) is 7.15. The fourth-order valence-corrected chi connectivity index (χ4v) is 4.34. The van der Waals surface area contributed by atoms with Crippen LogP contribution in [0.2, 0.25) is 0 Å². The molecule has 1 aliphatic heterocycles. The summed E-state index contributed by atoms with van der Waals surface area (Å²) in [6.45, 7) is 0. The Labute approximate surface area is 146 Å². The first kappa shape index (κ1) is 15.8. The van der Waals surface area contributed by atoms with Gasteiger partial charge in [0, 0.05) is 16.1 Å². The maximum Gasteiger partial charge on any atom is 0.416 e. The Bertz CT molecular complexity index is 812. The van der Waals surface area contributed by atoms with Crippen molar-refractivity contribution >= 4 is 21.6 Å². The highest BCUT2D eigenvalue weighted by Gasteiger charge is 2.40. The van der Waals surface area contributed by atoms with E-state index in [0.29, 0.717) is 0 Å². The number of rotatable bonds is 1. The molecule has 4 rings (SSSR count). The van der Waals surface area contributed by atoms with E-state index in [2.05, 4.69) is 33.4 Å². The molecule has 2 aliphatic rings. The first-order chi connectivity index (χ1) is 11.4. The van der Waals surface area contributed by atoms with Gasteiger partial charge in [-0.05, 0) is 47.7 Å². The van der Waals surface area contributed by atoms with Gasteiger partial charge in [0.05, 0.1) is 11.6 Å². The van der Waals surface area contributed by atoms with E-state index in [9.17, 15) is 13.2 Å². The van der Waals surface area contributed by atoms with Crippen molar-refractivity contribution in [1.29, 1.82) is 0 Å². The zero-order valence-electron chi connectivity index (χ0n) is 12.6. The minimum absolute atomic E-state index is 0.0145. The zero-order valence-corrected chi connectivity index (χ0v) is 14.2. The van der Waals surface area contributed by atoms with Crippen LogP contribution < -0.4 is 5.32 Å². The molecule has 0 radical (unpaired) electrons. The lowest BCUT2D eigenvalue weighted by molar-refractivity contribution is -0.137. The molecule has 0 fully saturated rings. The molecular weight excluding hydrogens is 379 g/mol. The predicted molar refractivity (Wildman–Crippen MR) is 91.9 cm³/mol. The molecule has 2 aromatic carbocycles. The number of hydrogen-bond acceptors (Lipinski definition) is 1. The smallest absolute Gasteiger partial charge is 0.378 e. The number of allylic oxidation sites excluding steroid dienone is 2. The quantitative estimate of drug-likeness (QED) is 0.561. The summed E-state index contributed by atoms with van der Waals surface area (Å²) in [5, 5.41) is 3.47. The van der Waals surface area contributed by atoms with Crippen molar-refractivity contribution in [1.82, 2.24) is 0 Å². The molecule has 0 saturated carbocycles. The van der Waals surface area contributed by atoms with Crippen LogP contribution in [0.15, 0.2) is 59.1 Å². The molecule has 1 heterocycles. The molecule has 0 spiro atoms. The van der Waals surface area contributed by atoms with Gasteiger partial charge in [-0.15, -0.1) is 0 Å². The third kappa shape index (κ3) is 2.55. The van der Waals surface area contributed by atoms with Gasteiger partial charge in [0.15, 0.2) is 0 Å². The van der Waals surface area contributed by atoms with Gasteiger partial charge in [-0.2, -0.15) is 13.2 Å². The third-order valence-corrected chi connectivity index (χ3v) is 5.65. The van der Waals surface area contributed by atoms with E-state index in [4.69, 9.17) is 0 Å². The van der Waals surface area contributed by atoms with Gasteiger partial charge in [-0.3, -0.25) is 0 Å². The molecular formula is C19H15BrF3N.